The Bertz CT molecular complexity index is 1120. The van der Waals surface area contributed by atoms with E-state index in [1.807, 2.05) is 6.92 Å². The second-order valence-electron chi connectivity index (χ2n) is 7.53. The number of rotatable bonds is 4. The number of hydrogen-bond donors (Lipinski definition) is 1. The van der Waals surface area contributed by atoms with Crippen LogP contribution >= 0.6 is 0 Å². The van der Waals surface area contributed by atoms with Crippen LogP contribution in [0.5, 0.6) is 5.75 Å². The molecule has 7 nitrogen and oxygen atoms in total. The van der Waals surface area contributed by atoms with Gasteiger partial charge in [0.25, 0.3) is 0 Å². The van der Waals surface area contributed by atoms with Gasteiger partial charge >= 0.3 is 6.18 Å². The van der Waals surface area contributed by atoms with Crippen molar-refractivity contribution < 1.29 is 17.9 Å². The Morgan fingerprint density at radius 1 is 1.28 bits per heavy atom. The number of halogens is 3. The van der Waals surface area contributed by atoms with E-state index < -0.39 is 18.1 Å². The van der Waals surface area contributed by atoms with Crippen LogP contribution in [-0.2, 0) is 0 Å². The number of pyridine rings is 2. The van der Waals surface area contributed by atoms with E-state index in [1.165, 1.54) is 6.20 Å². The lowest BCUT2D eigenvalue weighted by atomic mass is 9.94. The highest BCUT2D eigenvalue weighted by atomic mass is 19.4. The van der Waals surface area contributed by atoms with Crippen molar-refractivity contribution in [1.82, 2.24) is 14.6 Å². The van der Waals surface area contributed by atoms with Crippen molar-refractivity contribution in [2.75, 3.05) is 24.6 Å². The molecule has 0 aromatic carbocycles. The maximum absolute atomic E-state index is 13.2. The fraction of sp³-hybridized carbons (Fsp3) is 0.409. The third kappa shape index (κ3) is 4.48. The van der Waals surface area contributed by atoms with Gasteiger partial charge in [0.05, 0.1) is 36.0 Å². The number of nitrogens with two attached hydrogens (primary N) is 1. The summed E-state index contributed by atoms with van der Waals surface area (Å²) in [5.74, 6) is -0.471. The van der Waals surface area contributed by atoms with Crippen LogP contribution < -0.4 is 15.4 Å². The van der Waals surface area contributed by atoms with E-state index in [4.69, 9.17) is 10.5 Å². The van der Waals surface area contributed by atoms with Crippen molar-refractivity contribution in [2.24, 2.45) is 11.7 Å². The summed E-state index contributed by atoms with van der Waals surface area (Å²) in [6, 6.07) is 6.79. The van der Waals surface area contributed by atoms with E-state index in [0.29, 0.717) is 46.9 Å². The second kappa shape index (κ2) is 9.04. The molecule has 0 spiro atoms. The lowest BCUT2D eigenvalue weighted by Crippen LogP contribution is -2.51. The van der Waals surface area contributed by atoms with Crippen molar-refractivity contribution in [3.8, 4) is 22.9 Å². The van der Waals surface area contributed by atoms with Gasteiger partial charge in [0.1, 0.15) is 17.6 Å². The summed E-state index contributed by atoms with van der Waals surface area (Å²) in [5, 5.41) is 13.7. The first-order chi connectivity index (χ1) is 14.8. The topological polar surface area (TPSA) is 92.5 Å². The minimum absolute atomic E-state index is 0. The van der Waals surface area contributed by atoms with Gasteiger partial charge in [-0.3, -0.25) is 0 Å². The molecular weight excluding hydrogens is 421 g/mol. The maximum atomic E-state index is 13.2. The number of piperidine rings is 1. The van der Waals surface area contributed by atoms with Crippen LogP contribution in [0.25, 0.3) is 16.6 Å². The Morgan fingerprint density at radius 2 is 2.06 bits per heavy atom. The van der Waals surface area contributed by atoms with Gasteiger partial charge in [-0.25, -0.2) is 9.50 Å². The molecule has 0 aliphatic carbocycles. The number of aromatic nitrogens is 3. The van der Waals surface area contributed by atoms with Crippen molar-refractivity contribution in [1.29, 1.82) is 5.26 Å². The van der Waals surface area contributed by atoms with E-state index in [-0.39, 0.29) is 20.4 Å². The Labute approximate surface area is 184 Å². The standard InChI is InChI=1S/C21H21F3N6O.CH4/c1-2-31-17-6-18(20-14(7-25)9-28-30(20)12-17)13-3-4-19(27-8-13)29-10-15(21(22,23)24)5-16(26)11-29;/h3-4,6,8-9,12,15-16H,2,5,10-11,26H2,1H3;1H4/t15-,16+;/m0./s1. The van der Waals surface area contributed by atoms with Crippen LogP contribution in [0.2, 0.25) is 0 Å². The fourth-order valence-corrected chi connectivity index (χ4v) is 3.94. The van der Waals surface area contributed by atoms with Crippen molar-refractivity contribution >= 4 is 11.3 Å². The van der Waals surface area contributed by atoms with Crippen molar-refractivity contribution in [3.05, 3.63) is 42.4 Å². The maximum Gasteiger partial charge on any atom is 0.393 e. The van der Waals surface area contributed by atoms with Crippen LogP contribution in [0.1, 0.15) is 26.3 Å². The fourth-order valence-electron chi connectivity index (χ4n) is 3.94. The summed E-state index contributed by atoms with van der Waals surface area (Å²) in [6.07, 6.45) is 0.368. The van der Waals surface area contributed by atoms with E-state index in [0.717, 1.165) is 0 Å². The summed E-state index contributed by atoms with van der Waals surface area (Å²) in [7, 11) is 0. The third-order valence-electron chi connectivity index (χ3n) is 5.35. The monoisotopic (exact) mass is 446 g/mol. The SMILES string of the molecule is C.CCOc1cc(-c2ccc(N3C[C@H](N)C[C@H](C(F)(F)F)C3)nc2)c2c(C#N)cnn2c1. The lowest BCUT2D eigenvalue weighted by Gasteiger charge is -2.37. The minimum atomic E-state index is -4.29. The molecule has 10 heteroatoms. The molecule has 1 fully saturated rings. The highest BCUT2D eigenvalue weighted by Crippen LogP contribution is 2.35. The molecule has 3 aromatic heterocycles. The Balaban J connectivity index is 0.00000289. The molecule has 32 heavy (non-hydrogen) atoms. The highest BCUT2D eigenvalue weighted by Gasteiger charge is 2.44. The largest absolute Gasteiger partial charge is 0.492 e. The van der Waals surface area contributed by atoms with Gasteiger partial charge in [-0.15, -0.1) is 0 Å². The predicted octanol–water partition coefficient (Wildman–Crippen LogP) is 4.02. The normalized spacial score (nSPS) is 18.8. The van der Waals surface area contributed by atoms with Gasteiger partial charge < -0.3 is 15.4 Å². The minimum Gasteiger partial charge on any atom is -0.492 e. The van der Waals surface area contributed by atoms with Gasteiger partial charge in [0.2, 0.25) is 0 Å². The molecule has 0 bridgehead atoms. The predicted molar refractivity (Wildman–Crippen MR) is 115 cm³/mol. The summed E-state index contributed by atoms with van der Waals surface area (Å²) in [6.45, 7) is 2.46. The first kappa shape index (κ1) is 23.3. The first-order valence-electron chi connectivity index (χ1n) is 9.88. The molecule has 170 valence electrons. The van der Waals surface area contributed by atoms with Crippen LogP contribution in [0.15, 0.2) is 36.8 Å². The van der Waals surface area contributed by atoms with Gasteiger partial charge in [0.15, 0.2) is 0 Å². The van der Waals surface area contributed by atoms with Crippen LogP contribution in [-0.4, -0.2) is 46.5 Å². The van der Waals surface area contributed by atoms with Gasteiger partial charge in [0, 0.05) is 36.5 Å². The molecule has 4 heterocycles. The summed E-state index contributed by atoms with van der Waals surface area (Å²) >= 11 is 0. The Kier molecular flexibility index (Phi) is 6.60. The average Bonchev–Trinajstić information content (AvgIpc) is 3.15. The van der Waals surface area contributed by atoms with Crippen LogP contribution in [0.3, 0.4) is 0 Å². The molecule has 1 aliphatic rings. The van der Waals surface area contributed by atoms with Crippen molar-refractivity contribution in [2.45, 2.75) is 33.0 Å². The van der Waals surface area contributed by atoms with Gasteiger partial charge in [-0.1, -0.05) is 7.43 Å². The summed E-state index contributed by atoms with van der Waals surface area (Å²) in [5.41, 5.74) is 8.28. The smallest absolute Gasteiger partial charge is 0.393 e. The molecule has 3 aromatic rings. The first-order valence-corrected chi connectivity index (χ1v) is 9.88. The summed E-state index contributed by atoms with van der Waals surface area (Å²) < 4.78 is 46.9. The highest BCUT2D eigenvalue weighted by molar-refractivity contribution is 5.85. The molecule has 4 rings (SSSR count). The van der Waals surface area contributed by atoms with E-state index in [9.17, 15) is 18.4 Å². The molecular formula is C22H25F3N6O. The van der Waals surface area contributed by atoms with Gasteiger partial charge in [-0.05, 0) is 31.5 Å². The van der Waals surface area contributed by atoms with E-state index >= 15 is 0 Å². The zero-order valence-corrected chi connectivity index (χ0v) is 16.8. The zero-order chi connectivity index (χ0) is 22.2. The van der Waals surface area contributed by atoms with Crippen LogP contribution in [0.4, 0.5) is 19.0 Å². The zero-order valence-electron chi connectivity index (χ0n) is 16.8. The Morgan fingerprint density at radius 3 is 2.69 bits per heavy atom. The van der Waals surface area contributed by atoms with Crippen molar-refractivity contribution in [3.63, 3.8) is 0 Å². The number of alkyl halides is 3. The van der Waals surface area contributed by atoms with E-state index in [2.05, 4.69) is 16.2 Å². The van der Waals surface area contributed by atoms with Gasteiger partial charge in [-0.2, -0.15) is 23.5 Å². The average molecular weight is 446 g/mol. The molecule has 1 saturated heterocycles. The quantitative estimate of drug-likeness (QED) is 0.651. The molecule has 2 atom stereocenters. The molecule has 0 radical (unpaired) electrons. The molecule has 0 saturated carbocycles. The third-order valence-corrected chi connectivity index (χ3v) is 5.35. The van der Waals surface area contributed by atoms with E-state index in [1.54, 1.807) is 40.0 Å². The number of anilines is 1. The molecule has 1 aliphatic heterocycles. The number of hydrogen-bond acceptors (Lipinski definition) is 6. The lowest BCUT2D eigenvalue weighted by molar-refractivity contribution is -0.177. The molecule has 2 N–H and O–H groups in total. The number of nitriles is 1. The van der Waals surface area contributed by atoms with Crippen LogP contribution in [0, 0.1) is 17.2 Å². The number of fused-ring (bicyclic) bond motifs is 1. The molecule has 0 unspecified atom stereocenters. The molecule has 0 amide bonds. The Hall–Kier alpha value is -3.32. The summed E-state index contributed by atoms with van der Waals surface area (Å²) in [4.78, 5) is 5.97. The number of ether oxygens (including phenoxy) is 1. The second-order valence-corrected chi connectivity index (χ2v) is 7.53. The number of nitrogens with zero attached hydrogens (tertiary/aromatic N) is 5.